The summed E-state index contributed by atoms with van der Waals surface area (Å²) in [5.41, 5.74) is 0. The van der Waals surface area contributed by atoms with Crippen LogP contribution in [0.4, 0.5) is 0 Å². The maximum Gasteiger partial charge on any atom is 0.0639 e. The van der Waals surface area contributed by atoms with Gasteiger partial charge in [0.1, 0.15) is 0 Å². The van der Waals surface area contributed by atoms with E-state index in [9.17, 15) is 5.11 Å². The Labute approximate surface area is 75.6 Å². The first kappa shape index (κ1) is 10.0. The lowest BCUT2D eigenvalue weighted by Crippen LogP contribution is -2.45. The van der Waals surface area contributed by atoms with E-state index in [1.54, 1.807) is 0 Å². The van der Waals surface area contributed by atoms with Crippen LogP contribution < -0.4 is 0 Å². The third-order valence-corrected chi connectivity index (χ3v) is 3.00. The van der Waals surface area contributed by atoms with Gasteiger partial charge in [-0.2, -0.15) is 0 Å². The molecule has 12 heavy (non-hydrogen) atoms. The Kier molecular flexibility index (Phi) is 3.53. The minimum Gasteiger partial charge on any atom is -0.392 e. The van der Waals surface area contributed by atoms with Crippen LogP contribution >= 0.6 is 0 Å². The molecule has 1 rings (SSSR count). The van der Waals surface area contributed by atoms with Gasteiger partial charge in [-0.05, 0) is 39.2 Å². The lowest BCUT2D eigenvalue weighted by Gasteiger charge is -2.38. The average Bonchev–Trinajstić information content (AvgIpc) is 1.98. The van der Waals surface area contributed by atoms with E-state index in [-0.39, 0.29) is 6.10 Å². The summed E-state index contributed by atoms with van der Waals surface area (Å²) in [6.07, 6.45) is 2.45. The van der Waals surface area contributed by atoms with Gasteiger partial charge >= 0.3 is 0 Å². The molecule has 0 radical (unpaired) electrons. The number of nitrogens with zero attached hydrogens (tertiary/aromatic N) is 1. The molecule has 1 aliphatic rings. The summed E-state index contributed by atoms with van der Waals surface area (Å²) >= 11 is 0. The maximum absolute atomic E-state index is 9.27. The second-order valence-corrected chi connectivity index (χ2v) is 4.20. The van der Waals surface area contributed by atoms with Crippen molar-refractivity contribution in [2.75, 3.05) is 13.1 Å². The van der Waals surface area contributed by atoms with Gasteiger partial charge in [-0.3, -0.25) is 4.90 Å². The molecule has 3 atom stereocenters. The van der Waals surface area contributed by atoms with Crippen LogP contribution in [0.2, 0.25) is 0 Å². The lowest BCUT2D eigenvalue weighted by atomic mass is 9.92. The van der Waals surface area contributed by atoms with Crippen molar-refractivity contribution in [1.29, 1.82) is 0 Å². The van der Waals surface area contributed by atoms with Crippen LogP contribution in [0.15, 0.2) is 0 Å². The van der Waals surface area contributed by atoms with Crippen LogP contribution in [0.3, 0.4) is 0 Å². The van der Waals surface area contributed by atoms with E-state index in [2.05, 4.69) is 18.7 Å². The van der Waals surface area contributed by atoms with E-state index in [4.69, 9.17) is 0 Å². The smallest absolute Gasteiger partial charge is 0.0639 e. The summed E-state index contributed by atoms with van der Waals surface area (Å²) in [5, 5.41) is 9.27. The molecule has 2 nitrogen and oxygen atoms in total. The number of hydrogen-bond acceptors (Lipinski definition) is 2. The van der Waals surface area contributed by atoms with Gasteiger partial charge in [0.2, 0.25) is 0 Å². The molecular formula is C10H21NO. The van der Waals surface area contributed by atoms with Gasteiger partial charge in [-0.15, -0.1) is 0 Å². The Morgan fingerprint density at radius 2 is 2.17 bits per heavy atom. The summed E-state index contributed by atoms with van der Waals surface area (Å²) in [6, 6.07) is 0.647. The highest BCUT2D eigenvalue weighted by Crippen LogP contribution is 2.22. The summed E-state index contributed by atoms with van der Waals surface area (Å²) in [7, 11) is 0. The zero-order valence-electron chi connectivity index (χ0n) is 8.45. The van der Waals surface area contributed by atoms with Crippen LogP contribution in [0, 0.1) is 5.92 Å². The van der Waals surface area contributed by atoms with Gasteiger partial charge in [0, 0.05) is 12.6 Å². The van der Waals surface area contributed by atoms with Crippen LogP contribution in [0.5, 0.6) is 0 Å². The second kappa shape index (κ2) is 4.24. The van der Waals surface area contributed by atoms with E-state index in [1.165, 1.54) is 12.8 Å². The summed E-state index contributed by atoms with van der Waals surface area (Å²) < 4.78 is 0. The van der Waals surface area contributed by atoms with E-state index in [1.807, 2.05) is 6.92 Å². The van der Waals surface area contributed by atoms with Crippen molar-refractivity contribution in [2.24, 2.45) is 5.92 Å². The van der Waals surface area contributed by atoms with E-state index in [0.717, 1.165) is 19.0 Å². The number of hydrogen-bond donors (Lipinski definition) is 1. The highest BCUT2D eigenvalue weighted by Gasteiger charge is 2.24. The minimum absolute atomic E-state index is 0.183. The average molecular weight is 171 g/mol. The molecule has 0 saturated carbocycles. The molecule has 0 aromatic carbocycles. The minimum atomic E-state index is -0.183. The Morgan fingerprint density at radius 3 is 2.75 bits per heavy atom. The Hall–Kier alpha value is -0.0800. The van der Waals surface area contributed by atoms with E-state index in [0.29, 0.717) is 6.04 Å². The van der Waals surface area contributed by atoms with Crippen molar-refractivity contribution < 1.29 is 5.11 Å². The van der Waals surface area contributed by atoms with Gasteiger partial charge in [-0.25, -0.2) is 0 Å². The number of aliphatic hydroxyl groups excluding tert-OH is 1. The molecule has 0 aliphatic carbocycles. The quantitative estimate of drug-likeness (QED) is 0.680. The predicted octanol–water partition coefficient (Wildman–Crippen LogP) is 1.49. The molecule has 0 aromatic rings. The molecule has 0 amide bonds. The Balaban J connectivity index is 2.41. The molecule has 2 unspecified atom stereocenters. The Morgan fingerprint density at radius 1 is 1.50 bits per heavy atom. The van der Waals surface area contributed by atoms with Crippen molar-refractivity contribution >= 4 is 0 Å². The molecule has 0 spiro atoms. The van der Waals surface area contributed by atoms with Gasteiger partial charge in [0.25, 0.3) is 0 Å². The molecule has 2 heteroatoms. The fourth-order valence-corrected chi connectivity index (χ4v) is 2.02. The van der Waals surface area contributed by atoms with Crippen molar-refractivity contribution in [2.45, 2.75) is 45.8 Å². The van der Waals surface area contributed by atoms with E-state index >= 15 is 0 Å². The van der Waals surface area contributed by atoms with Crippen molar-refractivity contribution in [3.8, 4) is 0 Å². The normalized spacial score (nSPS) is 35.0. The second-order valence-electron chi connectivity index (χ2n) is 4.20. The number of β-amino-alcohol motifs (C(OH)–C–C–N with tert-alkyl or cyclic N) is 1. The topological polar surface area (TPSA) is 23.5 Å². The third kappa shape index (κ3) is 2.46. The van der Waals surface area contributed by atoms with Crippen LogP contribution in [0.25, 0.3) is 0 Å². The molecule has 0 bridgehead atoms. The van der Waals surface area contributed by atoms with Crippen molar-refractivity contribution in [1.82, 2.24) is 4.90 Å². The largest absolute Gasteiger partial charge is 0.392 e. The SMILES string of the molecule is CC1CCCN(C[C@H](C)O)C1C. The van der Waals surface area contributed by atoms with Gasteiger partial charge in [0.15, 0.2) is 0 Å². The number of aliphatic hydroxyl groups is 1. The van der Waals surface area contributed by atoms with Crippen LogP contribution in [0.1, 0.15) is 33.6 Å². The summed E-state index contributed by atoms with van der Waals surface area (Å²) in [4.78, 5) is 2.40. The highest BCUT2D eigenvalue weighted by molar-refractivity contribution is 4.79. The third-order valence-electron chi connectivity index (χ3n) is 3.00. The fourth-order valence-electron chi connectivity index (χ4n) is 2.02. The molecular weight excluding hydrogens is 150 g/mol. The monoisotopic (exact) mass is 171 g/mol. The lowest BCUT2D eigenvalue weighted by molar-refractivity contribution is 0.0592. The first-order valence-corrected chi connectivity index (χ1v) is 5.03. The maximum atomic E-state index is 9.27. The van der Waals surface area contributed by atoms with Crippen LogP contribution in [-0.2, 0) is 0 Å². The zero-order chi connectivity index (χ0) is 9.14. The molecule has 0 aromatic heterocycles. The van der Waals surface area contributed by atoms with Crippen molar-refractivity contribution in [3.63, 3.8) is 0 Å². The summed E-state index contributed by atoms with van der Waals surface area (Å²) in [6.45, 7) is 8.44. The van der Waals surface area contributed by atoms with Gasteiger partial charge < -0.3 is 5.11 Å². The fraction of sp³-hybridized carbons (Fsp3) is 1.00. The number of likely N-dealkylation sites (tertiary alicyclic amines) is 1. The van der Waals surface area contributed by atoms with Crippen molar-refractivity contribution in [3.05, 3.63) is 0 Å². The number of piperidine rings is 1. The van der Waals surface area contributed by atoms with Gasteiger partial charge in [0.05, 0.1) is 6.10 Å². The molecule has 1 fully saturated rings. The molecule has 1 saturated heterocycles. The number of rotatable bonds is 2. The molecule has 1 heterocycles. The zero-order valence-corrected chi connectivity index (χ0v) is 8.45. The van der Waals surface area contributed by atoms with Gasteiger partial charge in [-0.1, -0.05) is 6.92 Å². The molecule has 72 valence electrons. The standard InChI is InChI=1S/C10H21NO/c1-8-5-4-6-11(10(8)3)7-9(2)12/h8-10,12H,4-7H2,1-3H3/t8?,9-,10?/m0/s1. The predicted molar refractivity (Wildman–Crippen MR) is 51.1 cm³/mol. The molecule has 1 N–H and O–H groups in total. The molecule has 1 aliphatic heterocycles. The first-order chi connectivity index (χ1) is 5.61. The van der Waals surface area contributed by atoms with E-state index < -0.39 is 0 Å². The van der Waals surface area contributed by atoms with Crippen LogP contribution in [-0.4, -0.2) is 35.2 Å². The Bertz CT molecular complexity index is 136. The highest BCUT2D eigenvalue weighted by atomic mass is 16.3. The first-order valence-electron chi connectivity index (χ1n) is 5.03. The summed E-state index contributed by atoms with van der Waals surface area (Å²) in [5.74, 6) is 0.789.